The van der Waals surface area contributed by atoms with Crippen LogP contribution in [0.1, 0.15) is 10.4 Å². The predicted octanol–water partition coefficient (Wildman–Crippen LogP) is 2.73. The number of aromatic carboxylic acids is 1. The summed E-state index contributed by atoms with van der Waals surface area (Å²) in [5, 5.41) is 8.91. The Morgan fingerprint density at radius 3 is 2.59 bits per heavy atom. The topological polar surface area (TPSA) is 50.2 Å². The van der Waals surface area contributed by atoms with Crippen LogP contribution >= 0.6 is 0 Å². The molecule has 5 heteroatoms. The van der Waals surface area contributed by atoms with Crippen molar-refractivity contribution in [2.75, 3.05) is 0 Å². The van der Waals surface area contributed by atoms with Crippen LogP contribution in [0.5, 0.6) is 0 Å². The standard InChI is InChI=1S/C12H7F2NO2/c13-7-5-9(12(16)17)11(15-6-7)8-3-1-2-4-10(8)14/h1-6H,(H,16,17). The number of carboxylic acid groups (broad SMARTS) is 1. The number of aromatic nitrogens is 1. The SMILES string of the molecule is O=C(O)c1cc(F)cnc1-c1ccccc1F. The molecule has 2 aromatic rings. The van der Waals surface area contributed by atoms with Crippen molar-refractivity contribution in [1.82, 2.24) is 4.98 Å². The highest BCUT2D eigenvalue weighted by Gasteiger charge is 2.16. The molecule has 0 saturated carbocycles. The molecule has 0 saturated heterocycles. The first-order chi connectivity index (χ1) is 8.09. The second-order valence-electron chi connectivity index (χ2n) is 3.33. The zero-order valence-corrected chi connectivity index (χ0v) is 8.52. The monoisotopic (exact) mass is 235 g/mol. The molecule has 2 rings (SSSR count). The molecule has 0 radical (unpaired) electrons. The molecule has 3 nitrogen and oxygen atoms in total. The number of halogens is 2. The van der Waals surface area contributed by atoms with E-state index in [0.717, 1.165) is 12.3 Å². The van der Waals surface area contributed by atoms with Crippen LogP contribution in [0.2, 0.25) is 0 Å². The molecule has 0 atom stereocenters. The highest BCUT2D eigenvalue weighted by molar-refractivity contribution is 5.94. The molecular weight excluding hydrogens is 228 g/mol. The molecule has 0 amide bonds. The Hall–Kier alpha value is -2.30. The zero-order chi connectivity index (χ0) is 12.4. The third-order valence-corrected chi connectivity index (χ3v) is 2.21. The molecule has 1 heterocycles. The minimum Gasteiger partial charge on any atom is -0.478 e. The van der Waals surface area contributed by atoms with Crippen LogP contribution in [0.4, 0.5) is 8.78 Å². The molecular formula is C12H7F2NO2. The number of rotatable bonds is 2. The average molecular weight is 235 g/mol. The third kappa shape index (κ3) is 2.13. The van der Waals surface area contributed by atoms with Crippen molar-refractivity contribution in [2.24, 2.45) is 0 Å². The predicted molar refractivity (Wildman–Crippen MR) is 56.5 cm³/mol. The van der Waals surface area contributed by atoms with Gasteiger partial charge in [-0.05, 0) is 18.2 Å². The van der Waals surface area contributed by atoms with E-state index in [1.54, 1.807) is 6.07 Å². The third-order valence-electron chi connectivity index (χ3n) is 2.21. The van der Waals surface area contributed by atoms with Gasteiger partial charge in [0.25, 0.3) is 0 Å². The summed E-state index contributed by atoms with van der Waals surface area (Å²) in [6.07, 6.45) is 0.855. The second-order valence-corrected chi connectivity index (χ2v) is 3.33. The van der Waals surface area contributed by atoms with Crippen LogP contribution in [0.3, 0.4) is 0 Å². The van der Waals surface area contributed by atoms with Crippen LogP contribution in [0.25, 0.3) is 11.3 Å². The number of carboxylic acids is 1. The summed E-state index contributed by atoms with van der Waals surface area (Å²) >= 11 is 0. The highest BCUT2D eigenvalue weighted by Crippen LogP contribution is 2.24. The Labute approximate surface area is 95.4 Å². The first-order valence-electron chi connectivity index (χ1n) is 4.73. The summed E-state index contributed by atoms with van der Waals surface area (Å²) in [4.78, 5) is 14.6. The molecule has 0 unspecified atom stereocenters. The van der Waals surface area contributed by atoms with Gasteiger partial charge in [0.2, 0.25) is 0 Å². The average Bonchev–Trinajstić information content (AvgIpc) is 2.30. The number of nitrogens with zero attached hydrogens (tertiary/aromatic N) is 1. The van der Waals surface area contributed by atoms with E-state index in [0.29, 0.717) is 0 Å². The molecule has 0 fully saturated rings. The van der Waals surface area contributed by atoms with Gasteiger partial charge >= 0.3 is 5.97 Å². The fraction of sp³-hybridized carbons (Fsp3) is 0. The molecule has 86 valence electrons. The Kier molecular flexibility index (Phi) is 2.82. The van der Waals surface area contributed by atoms with Crippen LogP contribution in [-0.4, -0.2) is 16.1 Å². The summed E-state index contributed by atoms with van der Waals surface area (Å²) < 4.78 is 26.4. The molecule has 0 spiro atoms. The Balaban J connectivity index is 2.68. The van der Waals surface area contributed by atoms with Gasteiger partial charge in [0.1, 0.15) is 11.6 Å². The van der Waals surface area contributed by atoms with Crippen molar-refractivity contribution < 1.29 is 18.7 Å². The van der Waals surface area contributed by atoms with Gasteiger partial charge in [0.05, 0.1) is 17.5 Å². The van der Waals surface area contributed by atoms with Crippen molar-refractivity contribution in [2.45, 2.75) is 0 Å². The van der Waals surface area contributed by atoms with Gasteiger partial charge in [0, 0.05) is 5.56 Å². The van der Waals surface area contributed by atoms with Gasteiger partial charge in [-0.3, -0.25) is 4.98 Å². The van der Waals surface area contributed by atoms with E-state index in [1.807, 2.05) is 0 Å². The number of pyridine rings is 1. The fourth-order valence-corrected chi connectivity index (χ4v) is 1.47. The summed E-state index contributed by atoms with van der Waals surface area (Å²) in [5.41, 5.74) is -0.419. The van der Waals surface area contributed by atoms with Gasteiger partial charge in [-0.15, -0.1) is 0 Å². The normalized spacial score (nSPS) is 10.2. The fourth-order valence-electron chi connectivity index (χ4n) is 1.47. The van der Waals surface area contributed by atoms with Crippen LogP contribution in [0, 0.1) is 11.6 Å². The van der Waals surface area contributed by atoms with Gasteiger partial charge in [-0.1, -0.05) is 12.1 Å². The smallest absolute Gasteiger partial charge is 0.338 e. The number of hydrogen-bond acceptors (Lipinski definition) is 2. The van der Waals surface area contributed by atoms with E-state index in [1.165, 1.54) is 18.2 Å². The molecule has 0 aliphatic carbocycles. The van der Waals surface area contributed by atoms with E-state index < -0.39 is 17.6 Å². The molecule has 0 aliphatic heterocycles. The van der Waals surface area contributed by atoms with Crippen LogP contribution in [-0.2, 0) is 0 Å². The summed E-state index contributed by atoms with van der Waals surface area (Å²) in [7, 11) is 0. The molecule has 17 heavy (non-hydrogen) atoms. The lowest BCUT2D eigenvalue weighted by atomic mass is 10.1. The molecule has 0 aliphatic rings. The second kappa shape index (κ2) is 4.29. The van der Waals surface area contributed by atoms with E-state index in [2.05, 4.69) is 4.98 Å². The summed E-state index contributed by atoms with van der Waals surface area (Å²) in [6, 6.07) is 6.42. The van der Waals surface area contributed by atoms with Gasteiger partial charge in [-0.25, -0.2) is 13.6 Å². The molecule has 1 N–H and O–H groups in total. The minimum absolute atomic E-state index is 0.0323. The minimum atomic E-state index is -1.35. The van der Waals surface area contributed by atoms with E-state index in [9.17, 15) is 13.6 Å². The van der Waals surface area contributed by atoms with Crippen molar-refractivity contribution in [1.29, 1.82) is 0 Å². The van der Waals surface area contributed by atoms with E-state index >= 15 is 0 Å². The molecule has 1 aromatic carbocycles. The lowest BCUT2D eigenvalue weighted by Crippen LogP contribution is -2.03. The lowest BCUT2D eigenvalue weighted by Gasteiger charge is -2.06. The zero-order valence-electron chi connectivity index (χ0n) is 8.52. The maximum absolute atomic E-state index is 13.5. The number of hydrogen-bond donors (Lipinski definition) is 1. The van der Waals surface area contributed by atoms with E-state index in [4.69, 9.17) is 5.11 Å². The first kappa shape index (κ1) is 11.2. The quantitative estimate of drug-likeness (QED) is 0.870. The Morgan fingerprint density at radius 2 is 1.94 bits per heavy atom. The Morgan fingerprint density at radius 1 is 1.24 bits per heavy atom. The molecule has 0 bridgehead atoms. The van der Waals surface area contributed by atoms with Crippen molar-refractivity contribution in [3.63, 3.8) is 0 Å². The number of benzene rings is 1. The van der Waals surface area contributed by atoms with Crippen molar-refractivity contribution >= 4 is 5.97 Å². The summed E-state index contributed by atoms with van der Waals surface area (Å²) in [5.74, 6) is -2.73. The Bertz CT molecular complexity index is 584. The highest BCUT2D eigenvalue weighted by atomic mass is 19.1. The summed E-state index contributed by atoms with van der Waals surface area (Å²) in [6.45, 7) is 0. The lowest BCUT2D eigenvalue weighted by molar-refractivity contribution is 0.0697. The van der Waals surface area contributed by atoms with Gasteiger partial charge in [-0.2, -0.15) is 0 Å². The maximum Gasteiger partial charge on any atom is 0.338 e. The van der Waals surface area contributed by atoms with E-state index in [-0.39, 0.29) is 16.8 Å². The van der Waals surface area contributed by atoms with Gasteiger partial charge in [0.15, 0.2) is 0 Å². The van der Waals surface area contributed by atoms with Crippen LogP contribution in [0.15, 0.2) is 36.5 Å². The van der Waals surface area contributed by atoms with Crippen LogP contribution < -0.4 is 0 Å². The largest absolute Gasteiger partial charge is 0.478 e. The molecule has 1 aromatic heterocycles. The first-order valence-corrected chi connectivity index (χ1v) is 4.73. The number of carbonyl (C=O) groups is 1. The van der Waals surface area contributed by atoms with Gasteiger partial charge < -0.3 is 5.11 Å². The van der Waals surface area contributed by atoms with Crippen molar-refractivity contribution in [3.8, 4) is 11.3 Å². The maximum atomic E-state index is 13.5. The van der Waals surface area contributed by atoms with Crippen molar-refractivity contribution in [3.05, 3.63) is 53.7 Å².